The molecule has 5 heteroatoms. The van der Waals surface area contributed by atoms with Crippen LogP contribution < -0.4 is 4.90 Å². The summed E-state index contributed by atoms with van der Waals surface area (Å²) in [4.78, 5) is 26.2. The molecule has 1 heterocycles. The van der Waals surface area contributed by atoms with Crippen LogP contribution in [0.5, 0.6) is 0 Å². The third-order valence-corrected chi connectivity index (χ3v) is 3.93. The number of anilines is 1. The second-order valence-electron chi connectivity index (χ2n) is 5.56. The highest BCUT2D eigenvalue weighted by Crippen LogP contribution is 2.28. The molecule has 0 aromatic heterocycles. The highest BCUT2D eigenvalue weighted by atomic mass is 16.6. The van der Waals surface area contributed by atoms with E-state index >= 15 is 0 Å². The van der Waals surface area contributed by atoms with Crippen molar-refractivity contribution >= 4 is 17.6 Å². The number of benzene rings is 2. The Morgan fingerprint density at radius 3 is 2.75 bits per heavy atom. The first-order valence-electron chi connectivity index (χ1n) is 7.74. The summed E-state index contributed by atoms with van der Waals surface area (Å²) in [5.41, 5.74) is 2.22. The van der Waals surface area contributed by atoms with Crippen LogP contribution in [0.15, 0.2) is 48.5 Å². The van der Waals surface area contributed by atoms with Gasteiger partial charge >= 0.3 is 6.09 Å². The summed E-state index contributed by atoms with van der Waals surface area (Å²) in [6.45, 7) is 0.591. The SMILES string of the molecule is N#Cc1ccc2c(c1)C(=O)CCCN2C(=O)OCc1ccccc1. The van der Waals surface area contributed by atoms with E-state index < -0.39 is 6.09 Å². The van der Waals surface area contributed by atoms with Crippen LogP contribution in [-0.2, 0) is 11.3 Å². The number of ether oxygens (including phenoxy) is 1. The van der Waals surface area contributed by atoms with Gasteiger partial charge in [0.05, 0.1) is 17.3 Å². The van der Waals surface area contributed by atoms with E-state index in [1.54, 1.807) is 18.2 Å². The summed E-state index contributed by atoms with van der Waals surface area (Å²) in [7, 11) is 0. The van der Waals surface area contributed by atoms with Crippen LogP contribution in [0.25, 0.3) is 0 Å². The lowest BCUT2D eigenvalue weighted by Gasteiger charge is -2.22. The van der Waals surface area contributed by atoms with E-state index in [-0.39, 0.29) is 12.4 Å². The molecule has 0 fully saturated rings. The monoisotopic (exact) mass is 320 g/mol. The molecule has 5 nitrogen and oxygen atoms in total. The molecule has 0 bridgehead atoms. The Morgan fingerprint density at radius 1 is 1.21 bits per heavy atom. The number of ketones is 1. The standard InChI is InChI=1S/C19H16N2O3/c20-12-15-8-9-17-16(11-15)18(22)7-4-10-21(17)19(23)24-13-14-5-2-1-3-6-14/h1-3,5-6,8-9,11H,4,7,10,13H2. The third kappa shape index (κ3) is 3.28. The summed E-state index contributed by atoms with van der Waals surface area (Å²) < 4.78 is 5.38. The molecular weight excluding hydrogens is 304 g/mol. The van der Waals surface area contributed by atoms with Crippen LogP contribution in [-0.4, -0.2) is 18.4 Å². The predicted molar refractivity (Wildman–Crippen MR) is 88.7 cm³/mol. The second kappa shape index (κ2) is 6.97. The van der Waals surface area contributed by atoms with Crippen molar-refractivity contribution in [3.63, 3.8) is 0 Å². The highest BCUT2D eigenvalue weighted by molar-refractivity contribution is 6.05. The first-order chi connectivity index (χ1) is 11.7. The molecule has 2 aromatic carbocycles. The third-order valence-electron chi connectivity index (χ3n) is 3.93. The van der Waals surface area contributed by atoms with E-state index in [4.69, 9.17) is 10.00 Å². The molecule has 120 valence electrons. The van der Waals surface area contributed by atoms with Gasteiger partial charge in [-0.15, -0.1) is 0 Å². The number of nitrogens with zero attached hydrogens (tertiary/aromatic N) is 2. The lowest BCUT2D eigenvalue weighted by Crippen LogP contribution is -2.32. The molecule has 0 unspecified atom stereocenters. The molecule has 0 saturated heterocycles. The number of nitriles is 1. The average molecular weight is 320 g/mol. The van der Waals surface area contributed by atoms with Gasteiger partial charge in [-0.05, 0) is 30.2 Å². The molecule has 0 spiro atoms. The molecule has 1 aliphatic heterocycles. The van der Waals surface area contributed by atoms with Crippen LogP contribution >= 0.6 is 0 Å². The number of hydrogen-bond acceptors (Lipinski definition) is 4. The van der Waals surface area contributed by atoms with Gasteiger partial charge in [-0.1, -0.05) is 30.3 Å². The van der Waals surface area contributed by atoms with E-state index in [1.165, 1.54) is 4.90 Å². The fourth-order valence-corrected chi connectivity index (χ4v) is 2.70. The van der Waals surface area contributed by atoms with Gasteiger partial charge in [0.15, 0.2) is 5.78 Å². The molecule has 0 saturated carbocycles. The molecule has 1 amide bonds. The lowest BCUT2D eigenvalue weighted by atomic mass is 10.0. The quantitative estimate of drug-likeness (QED) is 0.846. The Kier molecular flexibility index (Phi) is 4.57. The summed E-state index contributed by atoms with van der Waals surface area (Å²) >= 11 is 0. The van der Waals surface area contributed by atoms with Gasteiger partial charge in [0.1, 0.15) is 6.61 Å². The minimum absolute atomic E-state index is 0.0551. The maximum Gasteiger partial charge on any atom is 0.414 e. The van der Waals surface area contributed by atoms with Crippen molar-refractivity contribution in [2.75, 3.05) is 11.4 Å². The Bertz CT molecular complexity index is 809. The van der Waals surface area contributed by atoms with Gasteiger partial charge < -0.3 is 4.74 Å². The highest BCUT2D eigenvalue weighted by Gasteiger charge is 2.26. The predicted octanol–water partition coefficient (Wildman–Crippen LogP) is 3.68. The zero-order chi connectivity index (χ0) is 16.9. The molecule has 0 radical (unpaired) electrons. The Labute approximate surface area is 140 Å². The Morgan fingerprint density at radius 2 is 2.00 bits per heavy atom. The van der Waals surface area contributed by atoms with Crippen molar-refractivity contribution in [2.45, 2.75) is 19.4 Å². The molecule has 0 aliphatic carbocycles. The maximum atomic E-state index is 12.5. The number of fused-ring (bicyclic) bond motifs is 1. The van der Waals surface area contributed by atoms with Crippen LogP contribution in [0.2, 0.25) is 0 Å². The van der Waals surface area contributed by atoms with Gasteiger partial charge in [0.2, 0.25) is 0 Å². The van der Waals surface area contributed by atoms with Gasteiger partial charge in [-0.25, -0.2) is 4.79 Å². The number of Topliss-reactive ketones (excluding diaryl/α,β-unsaturated/α-hetero) is 1. The van der Waals surface area contributed by atoms with Crippen LogP contribution in [0.1, 0.15) is 34.3 Å². The minimum Gasteiger partial charge on any atom is -0.444 e. The first kappa shape index (κ1) is 15.8. The fraction of sp³-hybridized carbons (Fsp3) is 0.211. The van der Waals surface area contributed by atoms with E-state index in [9.17, 15) is 9.59 Å². The molecule has 1 aliphatic rings. The van der Waals surface area contributed by atoms with Gasteiger partial charge in [0, 0.05) is 18.5 Å². The van der Waals surface area contributed by atoms with E-state index in [2.05, 4.69) is 0 Å². The van der Waals surface area contributed by atoms with Crippen molar-refractivity contribution in [3.8, 4) is 6.07 Å². The summed E-state index contributed by atoms with van der Waals surface area (Å²) in [6.07, 6.45) is 0.430. The largest absolute Gasteiger partial charge is 0.444 e. The Balaban J connectivity index is 1.83. The summed E-state index contributed by atoms with van der Waals surface area (Å²) in [5, 5.41) is 9.01. The van der Waals surface area contributed by atoms with Crippen LogP contribution in [0.3, 0.4) is 0 Å². The number of carbonyl (C=O) groups excluding carboxylic acids is 2. The second-order valence-corrected chi connectivity index (χ2v) is 5.56. The van der Waals surface area contributed by atoms with Gasteiger partial charge in [-0.2, -0.15) is 5.26 Å². The van der Waals surface area contributed by atoms with Crippen molar-refractivity contribution in [3.05, 3.63) is 65.2 Å². The van der Waals surface area contributed by atoms with Crippen LogP contribution in [0.4, 0.5) is 10.5 Å². The first-order valence-corrected chi connectivity index (χ1v) is 7.74. The molecule has 2 aromatic rings. The van der Waals surface area contributed by atoms with Crippen molar-refractivity contribution in [1.82, 2.24) is 0 Å². The van der Waals surface area contributed by atoms with Crippen LogP contribution in [0, 0.1) is 11.3 Å². The minimum atomic E-state index is -0.487. The van der Waals surface area contributed by atoms with Crippen molar-refractivity contribution < 1.29 is 14.3 Å². The van der Waals surface area contributed by atoms with Gasteiger partial charge in [0.25, 0.3) is 0 Å². The molecular formula is C19H16N2O3. The number of amides is 1. The fourth-order valence-electron chi connectivity index (χ4n) is 2.70. The number of hydrogen-bond donors (Lipinski definition) is 0. The zero-order valence-electron chi connectivity index (χ0n) is 13.1. The summed E-state index contributed by atoms with van der Waals surface area (Å²) in [6, 6.07) is 16.2. The topological polar surface area (TPSA) is 70.4 Å². The summed E-state index contributed by atoms with van der Waals surface area (Å²) in [5.74, 6) is -0.0551. The van der Waals surface area contributed by atoms with E-state index in [0.29, 0.717) is 36.2 Å². The molecule has 0 N–H and O–H groups in total. The Hall–Kier alpha value is -3.13. The van der Waals surface area contributed by atoms with Crippen molar-refractivity contribution in [1.29, 1.82) is 5.26 Å². The normalized spacial score (nSPS) is 13.6. The average Bonchev–Trinajstić information content (AvgIpc) is 2.79. The maximum absolute atomic E-state index is 12.5. The van der Waals surface area contributed by atoms with Crippen molar-refractivity contribution in [2.24, 2.45) is 0 Å². The lowest BCUT2D eigenvalue weighted by molar-refractivity contribution is 0.0983. The molecule has 0 atom stereocenters. The smallest absolute Gasteiger partial charge is 0.414 e. The van der Waals surface area contributed by atoms with E-state index in [0.717, 1.165) is 5.56 Å². The molecule has 24 heavy (non-hydrogen) atoms. The number of carbonyl (C=O) groups is 2. The number of rotatable bonds is 2. The zero-order valence-corrected chi connectivity index (χ0v) is 13.1. The van der Waals surface area contributed by atoms with Gasteiger partial charge in [-0.3, -0.25) is 9.69 Å². The van der Waals surface area contributed by atoms with E-state index in [1.807, 2.05) is 36.4 Å². The molecule has 3 rings (SSSR count).